The normalized spacial score (nSPS) is 40.7. The molecule has 2 aliphatic carbocycles. The number of ketones is 1. The molecule has 1 saturated heterocycles. The van der Waals surface area contributed by atoms with Crippen molar-refractivity contribution in [2.24, 2.45) is 0 Å². The number of methoxy groups -OCH3 is 1. The van der Waals surface area contributed by atoms with E-state index < -0.39 is 0 Å². The molecule has 0 aromatic heterocycles. The van der Waals surface area contributed by atoms with Crippen molar-refractivity contribution in [2.75, 3.05) is 20.7 Å². The Balaban J connectivity index is 1.88. The van der Waals surface area contributed by atoms with Crippen LogP contribution in [0.25, 0.3) is 0 Å². The summed E-state index contributed by atoms with van der Waals surface area (Å²) in [6.45, 7) is 3.08. The molecule has 1 saturated carbocycles. The zero-order valence-corrected chi connectivity index (χ0v) is 14.0. The predicted octanol–water partition coefficient (Wildman–Crippen LogP) is 2.00. The maximum Gasteiger partial charge on any atom is 0.174 e. The number of likely N-dealkylation sites (N-methyl/N-ethyl adjacent to an activating group) is 1. The highest BCUT2D eigenvalue weighted by Crippen LogP contribution is 2.64. The minimum absolute atomic E-state index is 0.254. The summed E-state index contributed by atoms with van der Waals surface area (Å²) < 4.78 is 12.6. The van der Waals surface area contributed by atoms with Gasteiger partial charge < -0.3 is 14.4 Å². The molecular weight excluding hydrogens is 290 g/mol. The van der Waals surface area contributed by atoms with Gasteiger partial charge in [-0.05, 0) is 50.9 Å². The zero-order chi connectivity index (χ0) is 16.0. The van der Waals surface area contributed by atoms with Crippen molar-refractivity contribution in [3.63, 3.8) is 0 Å². The average molecular weight is 313 g/mol. The van der Waals surface area contributed by atoms with Gasteiger partial charge >= 0.3 is 0 Å². The fourth-order valence-corrected chi connectivity index (χ4v) is 6.07. The molecule has 0 unspecified atom stereocenters. The number of likely N-dealkylation sites (tertiary alicyclic amines) is 1. The average Bonchev–Trinajstić information content (AvgIpc) is 2.91. The second-order valence-electron chi connectivity index (χ2n) is 7.73. The van der Waals surface area contributed by atoms with Gasteiger partial charge in [-0.25, -0.2) is 0 Å². The van der Waals surface area contributed by atoms with Crippen LogP contribution >= 0.6 is 0 Å². The highest BCUT2D eigenvalue weighted by atomic mass is 16.5. The Morgan fingerprint density at radius 3 is 2.96 bits per heavy atom. The number of Topliss-reactive ketones (excluding diaryl/α,β-unsaturated/α-hetero) is 1. The predicted molar refractivity (Wildman–Crippen MR) is 86.0 cm³/mol. The third-order valence-electron chi connectivity index (χ3n) is 7.07. The second-order valence-corrected chi connectivity index (χ2v) is 7.73. The van der Waals surface area contributed by atoms with Crippen molar-refractivity contribution >= 4 is 5.78 Å². The van der Waals surface area contributed by atoms with Crippen LogP contribution < -0.4 is 4.74 Å². The lowest BCUT2D eigenvalue weighted by molar-refractivity contribution is -0.198. The van der Waals surface area contributed by atoms with Crippen LogP contribution in [0.15, 0.2) is 12.1 Å². The summed E-state index contributed by atoms with van der Waals surface area (Å²) in [7, 11) is 4.03. The molecule has 2 bridgehead atoms. The van der Waals surface area contributed by atoms with Gasteiger partial charge in [0.1, 0.15) is 5.75 Å². The molecule has 0 radical (unpaired) electrons. The van der Waals surface area contributed by atoms with Gasteiger partial charge in [0, 0.05) is 25.1 Å². The fourth-order valence-electron chi connectivity index (χ4n) is 6.07. The monoisotopic (exact) mass is 313 g/mol. The summed E-state index contributed by atoms with van der Waals surface area (Å²) in [5.74, 6) is 1.22. The summed E-state index contributed by atoms with van der Waals surface area (Å²) in [5, 5.41) is 0. The minimum atomic E-state index is -0.359. The van der Waals surface area contributed by atoms with Gasteiger partial charge in [-0.3, -0.25) is 4.79 Å². The fraction of sp³-hybridized carbons (Fsp3) is 0.632. The molecule has 1 spiro atoms. The lowest BCUT2D eigenvalue weighted by Crippen LogP contribution is -2.76. The van der Waals surface area contributed by atoms with Gasteiger partial charge in [0.25, 0.3) is 0 Å². The van der Waals surface area contributed by atoms with Gasteiger partial charge in [-0.2, -0.15) is 0 Å². The molecular formula is C19H23NO3. The van der Waals surface area contributed by atoms with Gasteiger partial charge in [0.05, 0.1) is 11.0 Å². The van der Waals surface area contributed by atoms with Crippen molar-refractivity contribution < 1.29 is 14.3 Å². The first-order valence-corrected chi connectivity index (χ1v) is 8.63. The number of carbonyl (C=O) groups excluding carboxylic acids is 1. The number of benzene rings is 1. The van der Waals surface area contributed by atoms with E-state index in [9.17, 15) is 4.79 Å². The first-order valence-electron chi connectivity index (χ1n) is 8.63. The topological polar surface area (TPSA) is 38.8 Å². The van der Waals surface area contributed by atoms with Crippen molar-refractivity contribution in [2.45, 2.75) is 55.8 Å². The van der Waals surface area contributed by atoms with Gasteiger partial charge in [0.15, 0.2) is 11.9 Å². The van der Waals surface area contributed by atoms with Crippen molar-refractivity contribution in [1.82, 2.24) is 4.90 Å². The number of rotatable bonds is 1. The number of hydrogen-bond donors (Lipinski definition) is 0. The summed E-state index contributed by atoms with van der Waals surface area (Å²) in [5.41, 5.74) is 3.20. The van der Waals surface area contributed by atoms with E-state index in [2.05, 4.69) is 31.0 Å². The Kier molecular flexibility index (Phi) is 2.54. The van der Waals surface area contributed by atoms with E-state index in [0.717, 1.165) is 37.1 Å². The zero-order valence-electron chi connectivity index (χ0n) is 14.0. The number of nitrogens with zero attached hydrogens (tertiary/aromatic N) is 1. The van der Waals surface area contributed by atoms with Crippen LogP contribution in [0.3, 0.4) is 0 Å². The Morgan fingerprint density at radius 1 is 1.35 bits per heavy atom. The smallest absolute Gasteiger partial charge is 0.174 e. The van der Waals surface area contributed by atoms with E-state index in [-0.39, 0.29) is 22.9 Å². The van der Waals surface area contributed by atoms with Crippen LogP contribution in [-0.4, -0.2) is 49.1 Å². The van der Waals surface area contributed by atoms with Gasteiger partial charge in [0.2, 0.25) is 0 Å². The molecule has 4 atom stereocenters. The largest absolute Gasteiger partial charge is 0.481 e. The van der Waals surface area contributed by atoms with E-state index in [0.29, 0.717) is 12.5 Å². The lowest BCUT2D eigenvalue weighted by Gasteiger charge is -2.63. The molecule has 1 aromatic rings. The summed E-state index contributed by atoms with van der Waals surface area (Å²) >= 11 is 0. The third kappa shape index (κ3) is 1.32. The molecule has 23 heavy (non-hydrogen) atoms. The Morgan fingerprint density at radius 2 is 2.17 bits per heavy atom. The van der Waals surface area contributed by atoms with Crippen molar-refractivity contribution in [3.05, 3.63) is 28.8 Å². The van der Waals surface area contributed by atoms with Crippen LogP contribution in [0.5, 0.6) is 5.75 Å². The van der Waals surface area contributed by atoms with Gasteiger partial charge in [-0.15, -0.1) is 0 Å². The highest BCUT2D eigenvalue weighted by Gasteiger charge is 2.73. The molecule has 4 heteroatoms. The molecule has 1 aromatic carbocycles. The summed E-state index contributed by atoms with van der Waals surface area (Å²) in [6.07, 6.45) is 2.94. The summed E-state index contributed by atoms with van der Waals surface area (Å²) in [4.78, 5) is 15.2. The molecule has 122 valence electrons. The first kappa shape index (κ1) is 14.0. The molecule has 5 rings (SSSR count). The number of carbonyl (C=O) groups is 1. The van der Waals surface area contributed by atoms with Crippen LogP contribution in [0, 0.1) is 6.92 Å². The Labute approximate surface area is 136 Å². The third-order valence-corrected chi connectivity index (χ3v) is 7.07. The van der Waals surface area contributed by atoms with Crippen LogP contribution in [0.1, 0.15) is 36.0 Å². The van der Waals surface area contributed by atoms with E-state index in [1.54, 1.807) is 0 Å². The van der Waals surface area contributed by atoms with Crippen molar-refractivity contribution in [3.8, 4) is 5.75 Å². The molecule has 4 aliphatic rings. The van der Waals surface area contributed by atoms with E-state index in [1.807, 2.05) is 7.11 Å². The van der Waals surface area contributed by atoms with Crippen LogP contribution in [-0.2, 0) is 21.4 Å². The molecule has 2 heterocycles. The number of piperidine rings is 1. The van der Waals surface area contributed by atoms with E-state index in [1.165, 1.54) is 11.1 Å². The van der Waals surface area contributed by atoms with E-state index >= 15 is 0 Å². The SMILES string of the molecule is CO[C@@]12CCC(=O)[C@@H]3Oc4c(C)ccc5c4[C@@]31CCN(C)[C@@H]2C5. The first-order chi connectivity index (χ1) is 11.0. The molecule has 2 aliphatic heterocycles. The second kappa shape index (κ2) is 4.17. The number of hydrogen-bond acceptors (Lipinski definition) is 4. The Bertz CT molecular complexity index is 730. The minimum Gasteiger partial charge on any atom is -0.481 e. The molecule has 4 nitrogen and oxygen atoms in total. The number of aryl methyl sites for hydroxylation is 1. The molecule has 0 amide bonds. The highest BCUT2D eigenvalue weighted by molar-refractivity contribution is 5.89. The van der Waals surface area contributed by atoms with E-state index in [4.69, 9.17) is 9.47 Å². The van der Waals surface area contributed by atoms with Crippen LogP contribution in [0.2, 0.25) is 0 Å². The number of ether oxygens (including phenoxy) is 2. The molecule has 2 fully saturated rings. The quantitative estimate of drug-likeness (QED) is 0.795. The van der Waals surface area contributed by atoms with Gasteiger partial charge in [-0.1, -0.05) is 12.1 Å². The molecule has 0 N–H and O–H groups in total. The van der Waals surface area contributed by atoms with Crippen molar-refractivity contribution in [1.29, 1.82) is 0 Å². The summed E-state index contributed by atoms with van der Waals surface area (Å²) in [6, 6.07) is 4.70. The lowest BCUT2D eigenvalue weighted by atomic mass is 9.49. The standard InChI is InChI=1S/C19H23NO3/c1-11-4-5-12-10-14-19(22-3)7-6-13(21)17-18(19,8-9-20(14)2)15(12)16(11)23-17/h4-5,14,17H,6-10H2,1-3H3/t14-,17+,18+,19-/m1/s1. The maximum atomic E-state index is 12.8. The maximum absolute atomic E-state index is 12.8. The van der Waals surface area contributed by atoms with Crippen LogP contribution in [0.4, 0.5) is 0 Å². The Hall–Kier alpha value is -1.39.